The quantitative estimate of drug-likeness (QED) is 0.915. The lowest BCUT2D eigenvalue weighted by atomic mass is 10.2. The van der Waals surface area contributed by atoms with Gasteiger partial charge < -0.3 is 5.32 Å². The summed E-state index contributed by atoms with van der Waals surface area (Å²) in [7, 11) is 0. The molecular formula is C10H14BrClN2. The van der Waals surface area contributed by atoms with Gasteiger partial charge in [0.2, 0.25) is 0 Å². The first-order valence-electron chi connectivity index (χ1n) is 4.14. The van der Waals surface area contributed by atoms with Gasteiger partial charge in [-0.3, -0.25) is 4.98 Å². The highest BCUT2D eigenvalue weighted by atomic mass is 79.9. The van der Waals surface area contributed by atoms with Crippen LogP contribution in [0.15, 0.2) is 29.4 Å². The van der Waals surface area contributed by atoms with Gasteiger partial charge in [-0.25, -0.2) is 0 Å². The Morgan fingerprint density at radius 2 is 2.36 bits per heavy atom. The van der Waals surface area contributed by atoms with Crippen molar-refractivity contribution in [1.29, 1.82) is 0 Å². The largest absolute Gasteiger partial charge is 0.308 e. The van der Waals surface area contributed by atoms with Gasteiger partial charge in [-0.1, -0.05) is 28.6 Å². The minimum Gasteiger partial charge on any atom is -0.308 e. The maximum absolute atomic E-state index is 4.20. The van der Waals surface area contributed by atoms with Crippen LogP contribution in [0.2, 0.25) is 0 Å². The molecule has 0 spiro atoms. The number of halogens is 2. The third-order valence-electron chi connectivity index (χ3n) is 1.75. The van der Waals surface area contributed by atoms with Crippen molar-refractivity contribution in [3.05, 3.63) is 40.6 Å². The minimum atomic E-state index is 0. The van der Waals surface area contributed by atoms with Crippen LogP contribution in [-0.4, -0.2) is 11.5 Å². The molecule has 1 rings (SSSR count). The van der Waals surface area contributed by atoms with Gasteiger partial charge in [-0.2, -0.15) is 0 Å². The van der Waals surface area contributed by atoms with E-state index >= 15 is 0 Å². The van der Waals surface area contributed by atoms with E-state index in [0.29, 0.717) is 0 Å². The Kier molecular flexibility index (Phi) is 6.79. The fraction of sp³-hybridized carbons (Fsp3) is 0.300. The average molecular weight is 278 g/mol. The van der Waals surface area contributed by atoms with Crippen LogP contribution >= 0.6 is 28.3 Å². The van der Waals surface area contributed by atoms with Crippen LogP contribution in [-0.2, 0) is 6.54 Å². The fourth-order valence-electron chi connectivity index (χ4n) is 1.04. The molecule has 0 radical (unpaired) electrons. The smallest absolute Gasteiger partial charge is 0.0417 e. The molecule has 14 heavy (non-hydrogen) atoms. The fourth-order valence-corrected chi connectivity index (χ4v) is 1.24. The lowest BCUT2D eigenvalue weighted by molar-refractivity contribution is 0.748. The Morgan fingerprint density at radius 1 is 1.64 bits per heavy atom. The molecule has 0 aliphatic heterocycles. The minimum absolute atomic E-state index is 0. The van der Waals surface area contributed by atoms with Gasteiger partial charge in [-0.15, -0.1) is 12.4 Å². The summed E-state index contributed by atoms with van der Waals surface area (Å²) in [6, 6.07) is 4.03. The molecule has 1 heterocycles. The monoisotopic (exact) mass is 276 g/mol. The summed E-state index contributed by atoms with van der Waals surface area (Å²) in [5.41, 5.74) is 2.31. The molecule has 0 aromatic carbocycles. The first-order chi connectivity index (χ1) is 6.20. The van der Waals surface area contributed by atoms with Crippen molar-refractivity contribution >= 4 is 28.3 Å². The van der Waals surface area contributed by atoms with Gasteiger partial charge in [0.05, 0.1) is 0 Å². The summed E-state index contributed by atoms with van der Waals surface area (Å²) in [5, 5.41) is 3.26. The molecule has 1 aromatic heterocycles. The predicted octanol–water partition coefficient (Wildman–Crippen LogP) is 2.81. The van der Waals surface area contributed by atoms with E-state index in [1.165, 1.54) is 5.56 Å². The Bertz CT molecular complexity index is 302. The van der Waals surface area contributed by atoms with E-state index in [4.69, 9.17) is 0 Å². The summed E-state index contributed by atoms with van der Waals surface area (Å²) < 4.78 is 0.967. The third kappa shape index (κ3) is 4.74. The first kappa shape index (κ1) is 13.6. The average Bonchev–Trinajstić information content (AvgIpc) is 2.08. The number of pyridine rings is 1. The van der Waals surface area contributed by atoms with E-state index in [1.54, 1.807) is 0 Å². The molecule has 0 atom stereocenters. The van der Waals surface area contributed by atoms with Crippen molar-refractivity contribution in [1.82, 2.24) is 10.3 Å². The molecule has 0 bridgehead atoms. The van der Waals surface area contributed by atoms with E-state index in [-0.39, 0.29) is 12.4 Å². The van der Waals surface area contributed by atoms with Gasteiger partial charge >= 0.3 is 0 Å². The zero-order valence-corrected chi connectivity index (χ0v) is 10.5. The Hall–Kier alpha value is -0.380. The van der Waals surface area contributed by atoms with Crippen LogP contribution in [0.4, 0.5) is 0 Å². The van der Waals surface area contributed by atoms with Crippen molar-refractivity contribution < 1.29 is 0 Å². The summed E-state index contributed by atoms with van der Waals surface area (Å²) in [6.45, 7) is 7.38. The maximum atomic E-state index is 4.20. The Balaban J connectivity index is 0.00000169. The molecule has 0 saturated heterocycles. The van der Waals surface area contributed by atoms with Crippen molar-refractivity contribution in [3.63, 3.8) is 0 Å². The third-order valence-corrected chi connectivity index (χ3v) is 2.03. The maximum Gasteiger partial charge on any atom is 0.0417 e. The predicted molar refractivity (Wildman–Crippen MR) is 66.0 cm³/mol. The van der Waals surface area contributed by atoms with Crippen molar-refractivity contribution in [2.45, 2.75) is 13.5 Å². The molecule has 0 aliphatic rings. The molecule has 0 amide bonds. The van der Waals surface area contributed by atoms with Crippen LogP contribution in [0.25, 0.3) is 0 Å². The van der Waals surface area contributed by atoms with Crippen LogP contribution in [0.1, 0.15) is 11.3 Å². The van der Waals surface area contributed by atoms with E-state index in [1.807, 2.05) is 19.2 Å². The summed E-state index contributed by atoms with van der Waals surface area (Å²) >= 11 is 3.29. The normalized spacial score (nSPS) is 9.29. The molecular weight excluding hydrogens is 263 g/mol. The Morgan fingerprint density at radius 3 is 2.93 bits per heavy atom. The lowest BCUT2D eigenvalue weighted by Gasteiger charge is -2.05. The van der Waals surface area contributed by atoms with E-state index in [2.05, 4.69) is 38.9 Å². The molecule has 2 nitrogen and oxygen atoms in total. The summed E-state index contributed by atoms with van der Waals surface area (Å²) in [6.07, 6.45) is 1.81. The highest BCUT2D eigenvalue weighted by Gasteiger charge is 1.96. The summed E-state index contributed by atoms with van der Waals surface area (Å²) in [4.78, 5) is 4.20. The molecule has 0 fully saturated rings. The molecule has 0 aliphatic carbocycles. The number of aromatic nitrogens is 1. The van der Waals surface area contributed by atoms with Crippen molar-refractivity contribution in [3.8, 4) is 0 Å². The molecule has 1 aromatic rings. The first-order valence-corrected chi connectivity index (χ1v) is 4.94. The second kappa shape index (κ2) is 6.98. The van der Waals surface area contributed by atoms with E-state index in [0.717, 1.165) is 23.3 Å². The number of rotatable bonds is 4. The number of hydrogen-bond acceptors (Lipinski definition) is 2. The molecule has 1 N–H and O–H groups in total. The number of nitrogens with one attached hydrogen (secondary N) is 1. The zero-order chi connectivity index (χ0) is 9.68. The molecule has 0 saturated carbocycles. The Labute approximate surface area is 99.4 Å². The van der Waals surface area contributed by atoms with Crippen LogP contribution < -0.4 is 5.32 Å². The van der Waals surface area contributed by atoms with Crippen LogP contribution in [0.3, 0.4) is 0 Å². The highest BCUT2D eigenvalue weighted by Crippen LogP contribution is 2.03. The van der Waals surface area contributed by atoms with E-state index < -0.39 is 0 Å². The van der Waals surface area contributed by atoms with Crippen LogP contribution in [0.5, 0.6) is 0 Å². The highest BCUT2D eigenvalue weighted by molar-refractivity contribution is 9.11. The number of hydrogen-bond donors (Lipinski definition) is 1. The lowest BCUT2D eigenvalue weighted by Crippen LogP contribution is -2.15. The van der Waals surface area contributed by atoms with Gasteiger partial charge in [0, 0.05) is 29.5 Å². The van der Waals surface area contributed by atoms with Crippen molar-refractivity contribution in [2.75, 3.05) is 6.54 Å². The van der Waals surface area contributed by atoms with Gasteiger partial charge in [0.1, 0.15) is 0 Å². The molecule has 4 heteroatoms. The topological polar surface area (TPSA) is 24.9 Å². The van der Waals surface area contributed by atoms with Crippen LogP contribution in [0, 0.1) is 6.92 Å². The van der Waals surface area contributed by atoms with Gasteiger partial charge in [0.15, 0.2) is 0 Å². The number of aryl methyl sites for hydroxylation is 1. The number of nitrogens with zero attached hydrogens (tertiary/aromatic N) is 1. The standard InChI is InChI=1S/C10H13BrN2.ClH/c1-8(11)6-12-7-10-4-3-5-13-9(10)2;/h3-5,12H,1,6-7H2,2H3;1H. The van der Waals surface area contributed by atoms with E-state index in [9.17, 15) is 0 Å². The summed E-state index contributed by atoms with van der Waals surface area (Å²) in [5.74, 6) is 0. The molecule has 0 unspecified atom stereocenters. The zero-order valence-electron chi connectivity index (χ0n) is 8.09. The SMILES string of the molecule is C=C(Br)CNCc1cccnc1C.Cl. The second-order valence-corrected chi connectivity index (χ2v) is 3.99. The second-order valence-electron chi connectivity index (χ2n) is 2.87. The van der Waals surface area contributed by atoms with Crippen molar-refractivity contribution in [2.24, 2.45) is 0 Å². The van der Waals surface area contributed by atoms with Gasteiger partial charge in [0.25, 0.3) is 0 Å². The van der Waals surface area contributed by atoms with Gasteiger partial charge in [-0.05, 0) is 18.6 Å². The molecule has 78 valence electrons.